The highest BCUT2D eigenvalue weighted by atomic mass is 32.2. The average Bonchev–Trinajstić information content (AvgIpc) is 0.805. The van der Waals surface area contributed by atoms with E-state index in [1.165, 1.54) is 111 Å². The molecule has 1 saturated carbocycles. The maximum atomic E-state index is 12.7. The Hall–Kier alpha value is -8.27. The van der Waals surface area contributed by atoms with Gasteiger partial charge in [-0.1, -0.05) is 217 Å². The summed E-state index contributed by atoms with van der Waals surface area (Å²) in [5, 5.41) is 5.26. The van der Waals surface area contributed by atoms with Crippen molar-refractivity contribution in [1.82, 2.24) is 0 Å². The maximum absolute atomic E-state index is 12.7. The first-order chi connectivity index (χ1) is 46.5. The third-order valence-corrected chi connectivity index (χ3v) is 24.4. The summed E-state index contributed by atoms with van der Waals surface area (Å²) >= 11 is 0. The molecule has 11 aromatic rings. The molecule has 1 fully saturated rings. The number of esters is 2. The summed E-state index contributed by atoms with van der Waals surface area (Å²) in [6, 6.07) is 93.0. The second-order valence-electron chi connectivity index (χ2n) is 24.8. The number of benzene rings is 11. The van der Waals surface area contributed by atoms with Gasteiger partial charge in [-0.3, -0.25) is 4.79 Å². The predicted octanol–water partition coefficient (Wildman–Crippen LogP) is 23.4. The molecule has 0 amide bonds. The van der Waals surface area contributed by atoms with Crippen LogP contribution in [0.1, 0.15) is 132 Å². The molecule has 95 heavy (non-hydrogen) atoms. The summed E-state index contributed by atoms with van der Waals surface area (Å²) in [5.41, 5.74) is 3.81. The van der Waals surface area contributed by atoms with Crippen LogP contribution in [-0.4, -0.2) is 24.1 Å². The Morgan fingerprint density at radius 3 is 1.14 bits per heavy atom. The minimum Gasteiger partial charge on any atom is -0.481 e. The molecule has 11 aromatic carbocycles. The summed E-state index contributed by atoms with van der Waals surface area (Å²) < 4.78 is 17.8. The zero-order valence-corrected chi connectivity index (χ0v) is 58.9. The average molecular weight is 1310 g/mol. The molecule has 0 bridgehead atoms. The minimum atomic E-state index is -0.299. The zero-order valence-electron chi connectivity index (χ0n) is 56.4. The standard InChI is InChI=1S/C31H39O2S.C30H35O3S.C26H19S/c1-4-5-6-7-8-9-10-17-22-30(32)33-31-25(2)23-29(24-26(31)3)34(27-18-13-11-14-19-27)28-20-15-12-16-21-28;1-4-30(18-12-7-13-19-30)33-28(31)22-32-29-23(2)20-27(21-24(29)3)34(25-14-8-5-9-15-25)26-16-10-6-11-17-26;1-2-14-22(15-3-1)27(25-18-8-12-20-10-4-6-16-23(20)25)26-19-9-13-21-11-5-7-17-24(21)26/h11-16,18-21,23-24H,4-10,17,22H2,1-3H3;5-6,8-11,14-17,20-21H,4,7,12-13,18-19,22H2,1-3H3;1-19H/q3*+1. The predicted molar refractivity (Wildman–Crippen MR) is 399 cm³/mol. The second-order valence-corrected chi connectivity index (χ2v) is 30.8. The van der Waals surface area contributed by atoms with Gasteiger partial charge in [0.2, 0.25) is 0 Å². The van der Waals surface area contributed by atoms with Crippen molar-refractivity contribution in [3.8, 4) is 11.5 Å². The van der Waals surface area contributed by atoms with Crippen LogP contribution in [-0.2, 0) is 47.0 Å². The van der Waals surface area contributed by atoms with E-state index in [4.69, 9.17) is 14.2 Å². The van der Waals surface area contributed by atoms with Gasteiger partial charge in [0, 0.05) is 41.5 Å². The van der Waals surface area contributed by atoms with Gasteiger partial charge in [-0.25, -0.2) is 4.79 Å². The monoisotopic (exact) mass is 1310 g/mol. The van der Waals surface area contributed by atoms with Crippen LogP contribution < -0.4 is 9.47 Å². The molecule has 0 heterocycles. The Labute approximate surface area is 574 Å². The lowest BCUT2D eigenvalue weighted by atomic mass is 9.83. The van der Waals surface area contributed by atoms with Gasteiger partial charge < -0.3 is 14.2 Å². The minimum absolute atomic E-state index is 0.0497. The largest absolute Gasteiger partial charge is 0.481 e. The van der Waals surface area contributed by atoms with Crippen molar-refractivity contribution in [3.05, 3.63) is 283 Å². The van der Waals surface area contributed by atoms with Crippen molar-refractivity contribution in [2.24, 2.45) is 0 Å². The molecule has 0 atom stereocenters. The van der Waals surface area contributed by atoms with Crippen molar-refractivity contribution in [1.29, 1.82) is 0 Å². The highest BCUT2D eigenvalue weighted by molar-refractivity contribution is 7.98. The quantitative estimate of drug-likeness (QED) is 0.0261. The van der Waals surface area contributed by atoms with Gasteiger partial charge in [-0.2, -0.15) is 0 Å². The lowest BCUT2D eigenvalue weighted by Crippen LogP contribution is -2.38. The van der Waals surface area contributed by atoms with E-state index < -0.39 is 0 Å². The molecule has 0 aliphatic heterocycles. The third-order valence-electron chi connectivity index (χ3n) is 17.7. The molecule has 1 aliphatic rings. The first-order valence-electron chi connectivity index (χ1n) is 34.2. The van der Waals surface area contributed by atoms with Gasteiger partial charge in [0.1, 0.15) is 28.0 Å². The van der Waals surface area contributed by atoms with Crippen LogP contribution >= 0.6 is 0 Å². The van der Waals surface area contributed by atoms with E-state index in [1.54, 1.807) is 0 Å². The van der Waals surface area contributed by atoms with E-state index >= 15 is 0 Å². The van der Waals surface area contributed by atoms with Gasteiger partial charge in [0.25, 0.3) is 0 Å². The molecule has 12 rings (SSSR count). The summed E-state index contributed by atoms with van der Waals surface area (Å²) in [7, 11) is -0.586. The summed E-state index contributed by atoms with van der Waals surface area (Å²) in [5.74, 6) is 1.12. The first-order valence-corrected chi connectivity index (χ1v) is 37.9. The van der Waals surface area contributed by atoms with E-state index in [2.05, 4.69) is 289 Å². The van der Waals surface area contributed by atoms with Gasteiger partial charge >= 0.3 is 11.9 Å². The van der Waals surface area contributed by atoms with Crippen LogP contribution in [0, 0.1) is 27.7 Å². The van der Waals surface area contributed by atoms with Crippen molar-refractivity contribution < 1.29 is 23.8 Å². The number of hydrogen-bond donors (Lipinski definition) is 0. The molecule has 0 aromatic heterocycles. The zero-order chi connectivity index (χ0) is 66.2. The van der Waals surface area contributed by atoms with Crippen molar-refractivity contribution >= 4 is 66.2 Å². The van der Waals surface area contributed by atoms with Crippen LogP contribution in [0.5, 0.6) is 11.5 Å². The topological polar surface area (TPSA) is 61.8 Å². The molecule has 0 spiro atoms. The van der Waals surface area contributed by atoms with E-state index in [1.807, 2.05) is 13.8 Å². The van der Waals surface area contributed by atoms with Crippen LogP contribution in [0.3, 0.4) is 0 Å². The number of unbranched alkanes of at least 4 members (excludes halogenated alkanes) is 7. The SMILES string of the molecule is CCC1(OC(=O)COc2c(C)cc([S+](c3ccccc3)c3ccccc3)cc2C)CCCCC1.CCCCCCCCCCC(=O)Oc1c(C)cc([S+](c2ccccc2)c2ccccc2)cc1C.c1ccc([S+](c2cccc3ccccc23)c2cccc3ccccc23)cc1. The molecular formula is C87H93O5S3+3. The van der Waals surface area contributed by atoms with Crippen LogP contribution in [0.4, 0.5) is 0 Å². The Bertz CT molecular complexity index is 3980. The molecule has 1 aliphatic carbocycles. The third kappa shape index (κ3) is 18.8. The summed E-state index contributed by atoms with van der Waals surface area (Å²) in [6.45, 7) is 12.5. The number of ether oxygens (including phenoxy) is 3. The molecule has 0 unspecified atom stereocenters. The van der Waals surface area contributed by atoms with Crippen LogP contribution in [0.25, 0.3) is 21.5 Å². The van der Waals surface area contributed by atoms with E-state index in [0.29, 0.717) is 6.42 Å². The van der Waals surface area contributed by atoms with Crippen molar-refractivity contribution in [2.45, 2.75) is 188 Å². The highest BCUT2D eigenvalue weighted by Crippen LogP contribution is 2.41. The summed E-state index contributed by atoms with van der Waals surface area (Å²) in [6.07, 6.45) is 16.6. The fourth-order valence-corrected chi connectivity index (χ4v) is 19.8. The Balaban J connectivity index is 0.000000156. The molecule has 0 radical (unpaired) electrons. The number of carbonyl (C=O) groups excluding carboxylic acids is 2. The van der Waals surface area contributed by atoms with E-state index in [9.17, 15) is 9.59 Å². The van der Waals surface area contributed by atoms with Crippen LogP contribution in [0.2, 0.25) is 0 Å². The fourth-order valence-electron chi connectivity index (χ4n) is 12.9. The van der Waals surface area contributed by atoms with E-state index in [0.717, 1.165) is 78.7 Å². The second kappa shape index (κ2) is 35.5. The lowest BCUT2D eigenvalue weighted by Gasteiger charge is -2.35. The van der Waals surface area contributed by atoms with Gasteiger partial charge in [0.05, 0.1) is 21.8 Å². The first kappa shape index (κ1) is 69.6. The maximum Gasteiger partial charge on any atom is 0.344 e. The summed E-state index contributed by atoms with van der Waals surface area (Å²) in [4.78, 5) is 36.9. The number of fused-ring (bicyclic) bond motifs is 2. The molecule has 5 nitrogen and oxygen atoms in total. The van der Waals surface area contributed by atoms with Gasteiger partial charge in [0.15, 0.2) is 50.7 Å². The smallest absolute Gasteiger partial charge is 0.344 e. The van der Waals surface area contributed by atoms with E-state index in [-0.39, 0.29) is 56.8 Å². The molecular weight excluding hydrogens is 1220 g/mol. The van der Waals surface area contributed by atoms with Crippen molar-refractivity contribution in [3.63, 3.8) is 0 Å². The number of hydrogen-bond acceptors (Lipinski definition) is 5. The van der Waals surface area contributed by atoms with Gasteiger partial charge in [-0.15, -0.1) is 0 Å². The normalized spacial score (nSPS) is 12.6. The number of carbonyl (C=O) groups is 2. The number of aryl methyl sites for hydroxylation is 4. The van der Waals surface area contributed by atoms with Crippen molar-refractivity contribution in [2.75, 3.05) is 6.61 Å². The lowest BCUT2D eigenvalue weighted by molar-refractivity contribution is -0.166. The number of rotatable bonds is 24. The fraction of sp³-hybridized carbons (Fsp3) is 0.264. The molecule has 0 saturated heterocycles. The Morgan fingerprint density at radius 2 is 0.726 bits per heavy atom. The molecule has 486 valence electrons. The Kier molecular flexibility index (Phi) is 26.0. The Morgan fingerprint density at radius 1 is 0.368 bits per heavy atom. The molecule has 0 N–H and O–H groups in total. The van der Waals surface area contributed by atoms with Gasteiger partial charge in [-0.05, 0) is 184 Å². The highest BCUT2D eigenvalue weighted by Gasteiger charge is 2.36. The van der Waals surface area contributed by atoms with Crippen LogP contribution in [0.15, 0.2) is 305 Å². The molecule has 8 heteroatoms.